The van der Waals surface area contributed by atoms with E-state index < -0.39 is 11.8 Å². The molecule has 7 heteroatoms. The monoisotopic (exact) mass is 471 g/mol. The molecular weight excluding hydrogens is 450 g/mol. The van der Waals surface area contributed by atoms with Crippen LogP contribution in [-0.4, -0.2) is 21.5 Å². The van der Waals surface area contributed by atoms with Crippen LogP contribution in [-0.2, 0) is 9.59 Å². The first-order valence-electron chi connectivity index (χ1n) is 9.72. The molecule has 0 radical (unpaired) electrons. The van der Waals surface area contributed by atoms with Gasteiger partial charge in [0.2, 0.25) is 0 Å². The maximum atomic E-state index is 13.2. The van der Waals surface area contributed by atoms with E-state index in [1.54, 1.807) is 18.2 Å². The van der Waals surface area contributed by atoms with Crippen molar-refractivity contribution in [1.29, 1.82) is 0 Å². The van der Waals surface area contributed by atoms with Gasteiger partial charge in [-0.15, -0.1) is 0 Å². The van der Waals surface area contributed by atoms with Crippen LogP contribution in [0.1, 0.15) is 48.7 Å². The third-order valence-corrected chi connectivity index (χ3v) is 6.51. The summed E-state index contributed by atoms with van der Waals surface area (Å²) < 4.78 is 3.25. The number of rotatable bonds is 3. The number of amides is 2. The van der Waals surface area contributed by atoms with Gasteiger partial charge in [-0.1, -0.05) is 28.8 Å². The minimum Gasteiger partial charge on any atom is -0.346 e. The van der Waals surface area contributed by atoms with Gasteiger partial charge in [-0.3, -0.25) is 19.8 Å². The lowest BCUT2D eigenvalue weighted by Crippen LogP contribution is -2.54. The van der Waals surface area contributed by atoms with E-state index in [0.29, 0.717) is 11.7 Å². The lowest BCUT2D eigenvalue weighted by atomic mass is 10.1. The van der Waals surface area contributed by atoms with E-state index in [2.05, 4.69) is 45.7 Å². The zero-order valence-corrected chi connectivity index (χ0v) is 18.8. The number of anilines is 1. The van der Waals surface area contributed by atoms with E-state index in [4.69, 9.17) is 12.2 Å². The number of thiocarbonyl (C=S) groups is 1. The first-order chi connectivity index (χ1) is 13.9. The smallest absolute Gasteiger partial charge is 0.270 e. The van der Waals surface area contributed by atoms with Gasteiger partial charge in [0.25, 0.3) is 11.8 Å². The van der Waals surface area contributed by atoms with Crippen LogP contribution in [0.2, 0.25) is 0 Å². The van der Waals surface area contributed by atoms with Crippen molar-refractivity contribution in [2.45, 2.75) is 45.6 Å². The van der Waals surface area contributed by atoms with E-state index >= 15 is 0 Å². The van der Waals surface area contributed by atoms with Crippen LogP contribution in [0.3, 0.4) is 0 Å². The molecule has 2 aromatic rings. The summed E-state index contributed by atoms with van der Waals surface area (Å²) in [4.78, 5) is 27.1. The molecule has 1 aliphatic heterocycles. The summed E-state index contributed by atoms with van der Waals surface area (Å²) in [5.41, 5.74) is 3.85. The van der Waals surface area contributed by atoms with Crippen LogP contribution in [0.5, 0.6) is 0 Å². The Kier molecular flexibility index (Phi) is 5.44. The first kappa shape index (κ1) is 20.0. The SMILES string of the molecule is Cc1cc(C=C2C(=O)NC(=S)N(c3ccc(Br)cc3)C2=O)c(C)n1C1CCCC1. The van der Waals surface area contributed by atoms with Gasteiger partial charge in [-0.05, 0) is 80.9 Å². The zero-order valence-electron chi connectivity index (χ0n) is 16.4. The summed E-state index contributed by atoms with van der Waals surface area (Å²) in [7, 11) is 0. The molecule has 4 rings (SSSR count). The molecular formula is C22H22BrN3O2S. The first-order valence-corrected chi connectivity index (χ1v) is 10.9. The summed E-state index contributed by atoms with van der Waals surface area (Å²) in [6.07, 6.45) is 6.55. The Morgan fingerprint density at radius 1 is 1.14 bits per heavy atom. The van der Waals surface area contributed by atoms with Crippen molar-refractivity contribution >= 4 is 56.8 Å². The predicted molar refractivity (Wildman–Crippen MR) is 122 cm³/mol. The summed E-state index contributed by atoms with van der Waals surface area (Å²) in [6.45, 7) is 4.14. The molecule has 1 saturated carbocycles. The lowest BCUT2D eigenvalue weighted by Gasteiger charge is -2.29. The highest BCUT2D eigenvalue weighted by molar-refractivity contribution is 9.10. The second-order valence-corrected chi connectivity index (χ2v) is 8.87. The van der Waals surface area contributed by atoms with Crippen LogP contribution in [0.15, 0.2) is 40.4 Å². The van der Waals surface area contributed by atoms with E-state index in [9.17, 15) is 9.59 Å². The van der Waals surface area contributed by atoms with E-state index in [1.165, 1.54) is 30.6 Å². The summed E-state index contributed by atoms with van der Waals surface area (Å²) in [5.74, 6) is -0.870. The van der Waals surface area contributed by atoms with Crippen LogP contribution in [0.25, 0.3) is 6.08 Å². The van der Waals surface area contributed by atoms with Gasteiger partial charge in [0.05, 0.1) is 5.69 Å². The Bertz CT molecular complexity index is 1030. The fourth-order valence-corrected chi connectivity index (χ4v) is 4.86. The molecule has 1 aliphatic carbocycles. The average Bonchev–Trinajstić information content (AvgIpc) is 3.28. The highest BCUT2D eigenvalue weighted by Gasteiger charge is 2.34. The maximum Gasteiger partial charge on any atom is 0.270 e. The number of nitrogens with zero attached hydrogens (tertiary/aromatic N) is 2. The van der Waals surface area contributed by atoms with Crippen molar-refractivity contribution in [2.24, 2.45) is 0 Å². The Balaban J connectivity index is 1.72. The van der Waals surface area contributed by atoms with E-state index in [0.717, 1.165) is 21.4 Å². The standard InChI is InChI=1S/C22H22BrN3O2S/c1-13-11-15(14(2)25(13)17-5-3-4-6-17)12-19-20(27)24-22(29)26(21(19)28)18-9-7-16(23)8-10-18/h7-12,17H,3-6H2,1-2H3,(H,24,27,29). The topological polar surface area (TPSA) is 54.3 Å². The predicted octanol–water partition coefficient (Wildman–Crippen LogP) is 4.81. The van der Waals surface area contributed by atoms with Crippen molar-refractivity contribution in [2.75, 3.05) is 4.90 Å². The molecule has 2 amide bonds. The van der Waals surface area contributed by atoms with Gasteiger partial charge in [0.1, 0.15) is 5.57 Å². The van der Waals surface area contributed by atoms with Crippen molar-refractivity contribution in [3.05, 3.63) is 57.3 Å². The van der Waals surface area contributed by atoms with Gasteiger partial charge in [0, 0.05) is 21.9 Å². The van der Waals surface area contributed by atoms with E-state index in [1.807, 2.05) is 12.1 Å². The van der Waals surface area contributed by atoms with Crippen LogP contribution in [0.4, 0.5) is 5.69 Å². The van der Waals surface area contributed by atoms with Gasteiger partial charge >= 0.3 is 0 Å². The van der Waals surface area contributed by atoms with Crippen molar-refractivity contribution in [1.82, 2.24) is 9.88 Å². The highest BCUT2D eigenvalue weighted by Crippen LogP contribution is 2.34. The van der Waals surface area contributed by atoms with Gasteiger partial charge < -0.3 is 4.57 Å². The third kappa shape index (κ3) is 3.69. The number of benzene rings is 1. The number of halogens is 1. The number of hydrogen-bond acceptors (Lipinski definition) is 3. The van der Waals surface area contributed by atoms with Gasteiger partial charge in [-0.25, -0.2) is 0 Å². The Labute approximate surface area is 183 Å². The fourth-order valence-electron chi connectivity index (χ4n) is 4.31. The van der Waals surface area contributed by atoms with Crippen LogP contribution in [0, 0.1) is 13.8 Å². The number of aryl methyl sites for hydroxylation is 1. The summed E-state index contributed by atoms with van der Waals surface area (Å²) >= 11 is 8.66. The normalized spacial score (nSPS) is 19.3. The molecule has 2 fully saturated rings. The Hall–Kier alpha value is -2.25. The van der Waals surface area contributed by atoms with Crippen molar-refractivity contribution in [3.63, 3.8) is 0 Å². The summed E-state index contributed by atoms with van der Waals surface area (Å²) in [6, 6.07) is 9.80. The zero-order chi connectivity index (χ0) is 20.7. The minimum atomic E-state index is -0.459. The van der Waals surface area contributed by atoms with E-state index in [-0.39, 0.29) is 10.7 Å². The number of hydrogen-bond donors (Lipinski definition) is 1. The largest absolute Gasteiger partial charge is 0.346 e. The minimum absolute atomic E-state index is 0.0909. The quantitative estimate of drug-likeness (QED) is 0.396. The maximum absolute atomic E-state index is 13.2. The van der Waals surface area contributed by atoms with Gasteiger partial charge in [0.15, 0.2) is 5.11 Å². The molecule has 2 aliphatic rings. The summed E-state index contributed by atoms with van der Waals surface area (Å²) in [5, 5.41) is 2.74. The molecule has 5 nitrogen and oxygen atoms in total. The van der Waals surface area contributed by atoms with Crippen LogP contribution >= 0.6 is 28.1 Å². The molecule has 1 aromatic heterocycles. The second kappa shape index (κ2) is 7.88. The van der Waals surface area contributed by atoms with Crippen molar-refractivity contribution in [3.8, 4) is 0 Å². The van der Waals surface area contributed by atoms with Crippen molar-refractivity contribution < 1.29 is 9.59 Å². The molecule has 1 saturated heterocycles. The molecule has 29 heavy (non-hydrogen) atoms. The molecule has 150 valence electrons. The molecule has 0 spiro atoms. The average molecular weight is 472 g/mol. The Morgan fingerprint density at radius 2 is 1.79 bits per heavy atom. The number of nitrogens with one attached hydrogen (secondary N) is 1. The number of carbonyl (C=O) groups is 2. The fraction of sp³-hybridized carbons (Fsp3) is 0.318. The molecule has 0 atom stereocenters. The van der Waals surface area contributed by atoms with Gasteiger partial charge in [-0.2, -0.15) is 0 Å². The lowest BCUT2D eigenvalue weighted by molar-refractivity contribution is -0.122. The molecule has 0 unspecified atom stereocenters. The molecule has 1 aromatic carbocycles. The highest BCUT2D eigenvalue weighted by atomic mass is 79.9. The number of aromatic nitrogens is 1. The third-order valence-electron chi connectivity index (χ3n) is 5.70. The Morgan fingerprint density at radius 3 is 2.45 bits per heavy atom. The molecule has 2 heterocycles. The molecule has 1 N–H and O–H groups in total. The molecule has 0 bridgehead atoms. The van der Waals surface area contributed by atoms with Crippen LogP contribution < -0.4 is 10.2 Å². The second-order valence-electron chi connectivity index (χ2n) is 7.57. The number of carbonyl (C=O) groups excluding carboxylic acids is 2.